The third-order valence-electron chi connectivity index (χ3n) is 5.81. The third kappa shape index (κ3) is 5.86. The van der Waals surface area contributed by atoms with Gasteiger partial charge in [-0.1, -0.05) is 71.7 Å². The number of anilines is 2. The van der Waals surface area contributed by atoms with Crippen molar-refractivity contribution in [3.63, 3.8) is 0 Å². The Kier molecular flexibility index (Phi) is 7.53. The van der Waals surface area contributed by atoms with Crippen LogP contribution in [0.4, 0.5) is 16.2 Å². The van der Waals surface area contributed by atoms with E-state index in [9.17, 15) is 9.59 Å². The Labute approximate surface area is 203 Å². The fourth-order valence-corrected chi connectivity index (χ4v) is 4.76. The monoisotopic (exact) mass is 481 g/mol. The molecular formula is C26H25Cl2N3O2. The van der Waals surface area contributed by atoms with Gasteiger partial charge in [-0.2, -0.15) is 0 Å². The third-order valence-corrected chi connectivity index (χ3v) is 6.42. The molecule has 3 amide bonds. The van der Waals surface area contributed by atoms with Gasteiger partial charge in [0, 0.05) is 25.2 Å². The maximum Gasteiger partial charge on any atom is 0.319 e. The van der Waals surface area contributed by atoms with Crippen molar-refractivity contribution in [3.8, 4) is 0 Å². The molecule has 2 N–H and O–H groups in total. The van der Waals surface area contributed by atoms with E-state index >= 15 is 0 Å². The number of carbonyl (C=O) groups is 2. The Morgan fingerprint density at radius 2 is 1.58 bits per heavy atom. The zero-order chi connectivity index (χ0) is 23.2. The number of carbonyl (C=O) groups excluding carboxylic acids is 2. The lowest BCUT2D eigenvalue weighted by Crippen LogP contribution is -2.41. The van der Waals surface area contributed by atoms with Gasteiger partial charge in [-0.3, -0.25) is 4.79 Å². The molecule has 170 valence electrons. The standard InChI is InChI=1S/C26H25Cl2N3O2/c27-22-11-6-12-23(28)25(22)31-17-18(13-14-24(31)32)15-19-7-4-5-8-20(19)16-29-26(33)30-21-9-2-1-3-10-21/h1-12,18H,13-17H2,(H2,29,30,33). The fourth-order valence-electron chi connectivity index (χ4n) is 4.16. The molecule has 1 fully saturated rings. The van der Waals surface area contributed by atoms with E-state index in [2.05, 4.69) is 16.7 Å². The maximum absolute atomic E-state index is 12.6. The molecular weight excluding hydrogens is 457 g/mol. The summed E-state index contributed by atoms with van der Waals surface area (Å²) in [4.78, 5) is 26.7. The van der Waals surface area contributed by atoms with Crippen molar-refractivity contribution >= 4 is 46.5 Å². The Morgan fingerprint density at radius 1 is 0.909 bits per heavy atom. The van der Waals surface area contributed by atoms with E-state index in [1.807, 2.05) is 48.5 Å². The molecule has 1 atom stereocenters. The maximum atomic E-state index is 12.6. The molecule has 0 radical (unpaired) electrons. The lowest BCUT2D eigenvalue weighted by Gasteiger charge is -2.34. The van der Waals surface area contributed by atoms with E-state index in [1.165, 1.54) is 0 Å². The highest BCUT2D eigenvalue weighted by atomic mass is 35.5. The van der Waals surface area contributed by atoms with Crippen LogP contribution in [0.5, 0.6) is 0 Å². The molecule has 33 heavy (non-hydrogen) atoms. The van der Waals surface area contributed by atoms with E-state index in [0.29, 0.717) is 35.2 Å². The summed E-state index contributed by atoms with van der Waals surface area (Å²) in [6.07, 6.45) is 2.05. The number of amides is 3. The molecule has 1 saturated heterocycles. The molecule has 1 unspecified atom stereocenters. The average Bonchev–Trinajstić information content (AvgIpc) is 2.81. The van der Waals surface area contributed by atoms with Crippen LogP contribution in [0.2, 0.25) is 10.0 Å². The minimum atomic E-state index is -0.251. The van der Waals surface area contributed by atoms with Crippen LogP contribution in [0.25, 0.3) is 0 Å². The number of urea groups is 1. The first-order chi connectivity index (χ1) is 16.0. The van der Waals surface area contributed by atoms with Gasteiger partial charge in [0.25, 0.3) is 0 Å². The van der Waals surface area contributed by atoms with Crippen molar-refractivity contribution in [2.75, 3.05) is 16.8 Å². The second-order valence-corrected chi connectivity index (χ2v) is 8.94. The van der Waals surface area contributed by atoms with Crippen LogP contribution >= 0.6 is 23.2 Å². The molecule has 1 heterocycles. The number of nitrogens with zero attached hydrogens (tertiary/aromatic N) is 1. The summed E-state index contributed by atoms with van der Waals surface area (Å²) in [5.74, 6) is 0.295. The quantitative estimate of drug-likeness (QED) is 0.433. The summed E-state index contributed by atoms with van der Waals surface area (Å²) < 4.78 is 0. The van der Waals surface area contributed by atoms with E-state index in [-0.39, 0.29) is 17.9 Å². The van der Waals surface area contributed by atoms with E-state index in [1.54, 1.807) is 23.1 Å². The van der Waals surface area contributed by atoms with Gasteiger partial charge < -0.3 is 15.5 Å². The predicted octanol–water partition coefficient (Wildman–Crippen LogP) is 6.30. The number of rotatable bonds is 6. The number of para-hydroxylation sites is 2. The number of benzene rings is 3. The molecule has 0 spiro atoms. The van der Waals surface area contributed by atoms with Gasteiger partial charge in [-0.15, -0.1) is 0 Å². The molecule has 1 aliphatic rings. The van der Waals surface area contributed by atoms with Gasteiger partial charge in [0.15, 0.2) is 0 Å². The topological polar surface area (TPSA) is 61.4 Å². The lowest BCUT2D eigenvalue weighted by molar-refractivity contribution is -0.120. The van der Waals surface area contributed by atoms with Crippen molar-refractivity contribution < 1.29 is 9.59 Å². The number of hydrogen-bond donors (Lipinski definition) is 2. The van der Waals surface area contributed by atoms with Crippen molar-refractivity contribution in [2.24, 2.45) is 5.92 Å². The van der Waals surface area contributed by atoms with Crippen LogP contribution in [-0.4, -0.2) is 18.5 Å². The molecule has 7 heteroatoms. The van der Waals surface area contributed by atoms with Crippen molar-refractivity contribution in [3.05, 3.63) is 94.0 Å². The molecule has 0 aliphatic carbocycles. The van der Waals surface area contributed by atoms with Crippen LogP contribution in [0.15, 0.2) is 72.8 Å². The number of nitrogens with one attached hydrogen (secondary N) is 2. The SMILES string of the molecule is O=C(NCc1ccccc1CC1CCC(=O)N(c2c(Cl)cccc2Cl)C1)Nc1ccccc1. The van der Waals surface area contributed by atoms with Crippen LogP contribution in [0.1, 0.15) is 24.0 Å². The van der Waals surface area contributed by atoms with Gasteiger partial charge in [0.05, 0.1) is 15.7 Å². The van der Waals surface area contributed by atoms with Gasteiger partial charge in [0.2, 0.25) is 5.91 Å². The summed E-state index contributed by atoms with van der Waals surface area (Å²) in [5, 5.41) is 6.72. The average molecular weight is 482 g/mol. The highest BCUT2D eigenvalue weighted by Gasteiger charge is 2.29. The molecule has 0 bridgehead atoms. The highest BCUT2D eigenvalue weighted by Crippen LogP contribution is 2.37. The smallest absolute Gasteiger partial charge is 0.319 e. The predicted molar refractivity (Wildman–Crippen MR) is 134 cm³/mol. The Balaban J connectivity index is 1.42. The summed E-state index contributed by atoms with van der Waals surface area (Å²) in [6, 6.07) is 22.4. The largest absolute Gasteiger partial charge is 0.334 e. The molecule has 3 aromatic carbocycles. The van der Waals surface area contributed by atoms with Crippen molar-refractivity contribution in [1.29, 1.82) is 0 Å². The van der Waals surface area contributed by atoms with Gasteiger partial charge in [0.1, 0.15) is 0 Å². The summed E-state index contributed by atoms with van der Waals surface area (Å²) in [7, 11) is 0. The molecule has 0 aromatic heterocycles. The fraction of sp³-hybridized carbons (Fsp3) is 0.231. The van der Waals surface area contributed by atoms with Gasteiger partial charge in [-0.05, 0) is 54.2 Å². The molecule has 0 saturated carbocycles. The molecule has 3 aromatic rings. The second-order valence-electron chi connectivity index (χ2n) is 8.13. The first-order valence-electron chi connectivity index (χ1n) is 10.9. The van der Waals surface area contributed by atoms with Gasteiger partial charge >= 0.3 is 6.03 Å². The van der Waals surface area contributed by atoms with Gasteiger partial charge in [-0.25, -0.2) is 4.79 Å². The van der Waals surface area contributed by atoms with Crippen LogP contribution in [0, 0.1) is 5.92 Å². The summed E-state index contributed by atoms with van der Waals surface area (Å²) in [5.41, 5.74) is 3.54. The van der Waals surface area contributed by atoms with Crippen LogP contribution in [-0.2, 0) is 17.8 Å². The van der Waals surface area contributed by atoms with Crippen molar-refractivity contribution in [2.45, 2.75) is 25.8 Å². The van der Waals surface area contributed by atoms with E-state index in [4.69, 9.17) is 23.2 Å². The van der Waals surface area contributed by atoms with E-state index < -0.39 is 0 Å². The zero-order valence-electron chi connectivity index (χ0n) is 18.1. The summed E-state index contributed by atoms with van der Waals surface area (Å²) in [6.45, 7) is 0.971. The summed E-state index contributed by atoms with van der Waals surface area (Å²) >= 11 is 12.7. The minimum absolute atomic E-state index is 0.0359. The van der Waals surface area contributed by atoms with E-state index in [0.717, 1.165) is 29.7 Å². The Morgan fingerprint density at radius 3 is 2.30 bits per heavy atom. The first-order valence-corrected chi connectivity index (χ1v) is 11.7. The Hall–Kier alpha value is -3.02. The molecule has 5 nitrogen and oxygen atoms in total. The van der Waals surface area contributed by atoms with Crippen molar-refractivity contribution in [1.82, 2.24) is 5.32 Å². The van der Waals surface area contributed by atoms with Crippen LogP contribution in [0.3, 0.4) is 0 Å². The second kappa shape index (κ2) is 10.7. The molecule has 4 rings (SSSR count). The Bertz CT molecular complexity index is 1120. The normalized spacial score (nSPS) is 15.9. The molecule has 1 aliphatic heterocycles. The minimum Gasteiger partial charge on any atom is -0.334 e. The highest BCUT2D eigenvalue weighted by molar-refractivity contribution is 6.39. The zero-order valence-corrected chi connectivity index (χ0v) is 19.6. The first kappa shape index (κ1) is 23.1. The number of hydrogen-bond acceptors (Lipinski definition) is 2. The number of piperidine rings is 1. The number of halogens is 2. The van der Waals surface area contributed by atoms with Crippen LogP contribution < -0.4 is 15.5 Å². The lowest BCUT2D eigenvalue weighted by atomic mass is 9.89.